The molecule has 5 heteroatoms. The van der Waals surface area contributed by atoms with Crippen LogP contribution < -0.4 is 5.32 Å². The molecule has 20 heavy (non-hydrogen) atoms. The summed E-state index contributed by atoms with van der Waals surface area (Å²) in [7, 11) is -0.718. The van der Waals surface area contributed by atoms with Crippen molar-refractivity contribution in [1.29, 1.82) is 0 Å². The van der Waals surface area contributed by atoms with Gasteiger partial charge >= 0.3 is 0 Å². The number of hydrogen-bond acceptors (Lipinski definition) is 4. The maximum atomic E-state index is 10.8. The summed E-state index contributed by atoms with van der Waals surface area (Å²) in [5.74, 6) is 0.720. The first-order valence-corrected chi connectivity index (χ1v) is 9.66. The first kappa shape index (κ1) is 20.0. The quantitative estimate of drug-likeness (QED) is 0.455. The average molecular weight is 308 g/mol. The lowest BCUT2D eigenvalue weighted by atomic mass is 10.1. The molecule has 0 aliphatic heterocycles. The molecule has 0 radical (unpaired) electrons. The Morgan fingerprint density at radius 1 is 1.15 bits per heavy atom. The van der Waals surface area contributed by atoms with Crippen LogP contribution in [0.25, 0.3) is 0 Å². The second-order valence-electron chi connectivity index (χ2n) is 5.33. The van der Waals surface area contributed by atoms with E-state index in [2.05, 4.69) is 12.2 Å². The van der Waals surface area contributed by atoms with Gasteiger partial charge in [0.2, 0.25) is 0 Å². The summed E-state index contributed by atoms with van der Waals surface area (Å²) >= 11 is 0. The van der Waals surface area contributed by atoms with Crippen molar-refractivity contribution in [2.24, 2.45) is 0 Å². The zero-order chi connectivity index (χ0) is 15.1. The van der Waals surface area contributed by atoms with E-state index in [4.69, 9.17) is 4.74 Å². The average Bonchev–Trinajstić information content (AvgIpc) is 2.41. The Kier molecular flexibility index (Phi) is 15.4. The summed E-state index contributed by atoms with van der Waals surface area (Å²) in [6, 6.07) is 0. The number of hydrogen-bond donors (Lipinski definition) is 2. The highest BCUT2D eigenvalue weighted by atomic mass is 32.2. The lowest BCUT2D eigenvalue weighted by Crippen LogP contribution is -2.31. The van der Waals surface area contributed by atoms with Crippen LogP contribution in [0.2, 0.25) is 0 Å². The van der Waals surface area contributed by atoms with Crippen molar-refractivity contribution >= 4 is 10.8 Å². The van der Waals surface area contributed by atoms with Crippen LogP contribution in [0.3, 0.4) is 0 Å². The van der Waals surface area contributed by atoms with Gasteiger partial charge in [0, 0.05) is 36.0 Å². The topological polar surface area (TPSA) is 58.6 Å². The van der Waals surface area contributed by atoms with Crippen LogP contribution in [0.15, 0.2) is 0 Å². The Morgan fingerprint density at radius 3 is 2.55 bits per heavy atom. The van der Waals surface area contributed by atoms with Crippen LogP contribution in [0, 0.1) is 0 Å². The molecule has 2 unspecified atom stereocenters. The van der Waals surface area contributed by atoms with Crippen LogP contribution in [0.5, 0.6) is 0 Å². The van der Waals surface area contributed by atoms with Crippen molar-refractivity contribution in [3.05, 3.63) is 0 Å². The molecule has 2 N–H and O–H groups in total. The Morgan fingerprint density at radius 2 is 1.85 bits per heavy atom. The zero-order valence-electron chi connectivity index (χ0n) is 13.2. The lowest BCUT2D eigenvalue weighted by Gasteiger charge is -2.12. The van der Waals surface area contributed by atoms with E-state index in [9.17, 15) is 9.32 Å². The summed E-state index contributed by atoms with van der Waals surface area (Å²) in [6.07, 6.45) is 9.70. The van der Waals surface area contributed by atoms with Crippen molar-refractivity contribution in [2.45, 2.75) is 58.0 Å². The normalized spacial score (nSPS) is 14.3. The number of nitrogens with one attached hydrogen (secondary N) is 1. The molecule has 0 aromatic rings. The number of ether oxygens (including phenoxy) is 1. The first-order valence-electron chi connectivity index (χ1n) is 7.93. The number of unbranched alkanes of at least 4 members (excludes halogenated alkanes) is 5. The predicted octanol–water partition coefficient (Wildman–Crippen LogP) is 2.08. The van der Waals surface area contributed by atoms with E-state index < -0.39 is 16.9 Å². The van der Waals surface area contributed by atoms with Gasteiger partial charge < -0.3 is 15.2 Å². The highest BCUT2D eigenvalue weighted by Gasteiger charge is 2.03. The maximum absolute atomic E-state index is 10.8. The molecule has 0 spiro atoms. The molecule has 0 aromatic carbocycles. The first-order chi connectivity index (χ1) is 9.66. The summed E-state index contributed by atoms with van der Waals surface area (Å²) in [4.78, 5) is 0. The Hall–Kier alpha value is 0.0300. The van der Waals surface area contributed by atoms with Gasteiger partial charge in [-0.25, -0.2) is 0 Å². The zero-order valence-corrected chi connectivity index (χ0v) is 14.1. The molecule has 122 valence electrons. The molecule has 0 heterocycles. The molecule has 0 amide bonds. The molecule has 0 saturated heterocycles. The standard InChI is InChI=1S/C15H33NO3S/c1-3-4-5-6-7-8-11-19-14-15(17)13-16-10-9-12-20(2)18/h15-17H,3-14H2,1-2H3. The monoisotopic (exact) mass is 307 g/mol. The van der Waals surface area contributed by atoms with Gasteiger partial charge in [-0.3, -0.25) is 4.21 Å². The van der Waals surface area contributed by atoms with Gasteiger partial charge in [0.05, 0.1) is 12.7 Å². The molecule has 0 aliphatic carbocycles. The van der Waals surface area contributed by atoms with E-state index in [0.29, 0.717) is 13.2 Å². The largest absolute Gasteiger partial charge is 0.389 e. The minimum Gasteiger partial charge on any atom is -0.389 e. The van der Waals surface area contributed by atoms with Crippen molar-refractivity contribution in [3.63, 3.8) is 0 Å². The third-order valence-electron chi connectivity index (χ3n) is 3.12. The van der Waals surface area contributed by atoms with Gasteiger partial charge in [0.15, 0.2) is 0 Å². The molecule has 0 aromatic heterocycles. The Bertz CT molecular complexity index is 227. The minimum atomic E-state index is -0.718. The fraction of sp³-hybridized carbons (Fsp3) is 1.00. The fourth-order valence-corrected chi connectivity index (χ4v) is 2.48. The van der Waals surface area contributed by atoms with Gasteiger partial charge in [-0.1, -0.05) is 39.0 Å². The summed E-state index contributed by atoms with van der Waals surface area (Å²) in [6.45, 7) is 4.72. The molecule has 0 saturated carbocycles. The third kappa shape index (κ3) is 16.1. The van der Waals surface area contributed by atoms with Gasteiger partial charge in [0.25, 0.3) is 0 Å². The van der Waals surface area contributed by atoms with Crippen molar-refractivity contribution in [1.82, 2.24) is 5.32 Å². The van der Waals surface area contributed by atoms with Crippen LogP contribution in [-0.4, -0.2) is 53.7 Å². The number of aliphatic hydroxyl groups is 1. The lowest BCUT2D eigenvalue weighted by molar-refractivity contribution is 0.0355. The van der Waals surface area contributed by atoms with Gasteiger partial charge in [-0.15, -0.1) is 0 Å². The summed E-state index contributed by atoms with van der Waals surface area (Å²) < 4.78 is 16.3. The molecular weight excluding hydrogens is 274 g/mol. The highest BCUT2D eigenvalue weighted by molar-refractivity contribution is 7.84. The van der Waals surface area contributed by atoms with Gasteiger partial charge in [-0.05, 0) is 19.4 Å². The molecule has 0 rings (SSSR count). The second kappa shape index (κ2) is 15.4. The molecule has 0 fully saturated rings. The smallest absolute Gasteiger partial charge is 0.0897 e. The van der Waals surface area contributed by atoms with Crippen LogP contribution in [0.4, 0.5) is 0 Å². The molecule has 0 aliphatic rings. The van der Waals surface area contributed by atoms with Gasteiger partial charge in [-0.2, -0.15) is 0 Å². The molecular formula is C15H33NO3S. The minimum absolute atomic E-state index is 0.404. The van der Waals surface area contributed by atoms with E-state index in [0.717, 1.165) is 31.7 Å². The van der Waals surface area contributed by atoms with E-state index in [1.807, 2.05) is 0 Å². The van der Waals surface area contributed by atoms with Crippen molar-refractivity contribution < 1.29 is 14.1 Å². The summed E-state index contributed by atoms with van der Waals surface area (Å²) in [5.41, 5.74) is 0. The van der Waals surface area contributed by atoms with Crippen LogP contribution in [0.1, 0.15) is 51.9 Å². The van der Waals surface area contributed by atoms with Crippen molar-refractivity contribution in [2.75, 3.05) is 38.3 Å². The maximum Gasteiger partial charge on any atom is 0.0897 e. The Balaban J connectivity index is 3.16. The fourth-order valence-electron chi connectivity index (χ4n) is 1.93. The summed E-state index contributed by atoms with van der Waals surface area (Å²) in [5, 5.41) is 12.8. The van der Waals surface area contributed by atoms with Crippen LogP contribution >= 0.6 is 0 Å². The van der Waals surface area contributed by atoms with E-state index >= 15 is 0 Å². The van der Waals surface area contributed by atoms with E-state index in [1.54, 1.807) is 6.26 Å². The van der Waals surface area contributed by atoms with E-state index in [-0.39, 0.29) is 0 Å². The van der Waals surface area contributed by atoms with Crippen molar-refractivity contribution in [3.8, 4) is 0 Å². The second-order valence-corrected chi connectivity index (χ2v) is 6.89. The highest BCUT2D eigenvalue weighted by Crippen LogP contribution is 2.04. The SMILES string of the molecule is CCCCCCCCOCC(O)CNCCCS(C)=O. The predicted molar refractivity (Wildman–Crippen MR) is 86.6 cm³/mol. The van der Waals surface area contributed by atoms with E-state index in [1.165, 1.54) is 32.1 Å². The van der Waals surface area contributed by atoms with Crippen LogP contribution in [-0.2, 0) is 15.5 Å². The molecule has 2 atom stereocenters. The number of rotatable bonds is 15. The Labute approximate surface area is 127 Å². The third-order valence-corrected chi connectivity index (χ3v) is 3.98. The molecule has 0 bridgehead atoms. The molecule has 4 nitrogen and oxygen atoms in total. The van der Waals surface area contributed by atoms with Gasteiger partial charge in [0.1, 0.15) is 0 Å². The number of aliphatic hydroxyl groups excluding tert-OH is 1.